The van der Waals surface area contributed by atoms with E-state index in [2.05, 4.69) is 15.1 Å². The van der Waals surface area contributed by atoms with Crippen LogP contribution in [0.5, 0.6) is 5.88 Å². The SMILES string of the molecule is COc1ccc(C(=O)N2CCCC(OCCc3noc(C4CC4)n3)C2)cn1. The van der Waals surface area contributed by atoms with Gasteiger partial charge in [-0.1, -0.05) is 5.16 Å². The molecule has 0 spiro atoms. The first-order chi connectivity index (χ1) is 13.2. The van der Waals surface area contributed by atoms with Crippen molar-refractivity contribution in [2.45, 2.75) is 44.1 Å². The quantitative estimate of drug-likeness (QED) is 0.736. The first-order valence-electron chi connectivity index (χ1n) is 9.46. The molecule has 1 unspecified atom stereocenters. The zero-order valence-electron chi connectivity index (χ0n) is 15.5. The molecule has 0 bridgehead atoms. The topological polar surface area (TPSA) is 90.6 Å². The molecule has 0 aromatic carbocycles. The number of methoxy groups -OCH3 is 1. The van der Waals surface area contributed by atoms with E-state index in [1.54, 1.807) is 25.4 Å². The van der Waals surface area contributed by atoms with Crippen LogP contribution >= 0.6 is 0 Å². The fourth-order valence-corrected chi connectivity index (χ4v) is 3.25. The predicted octanol–water partition coefficient (Wildman–Crippen LogP) is 2.21. The van der Waals surface area contributed by atoms with E-state index in [9.17, 15) is 4.79 Å². The minimum atomic E-state index is -0.0225. The lowest BCUT2D eigenvalue weighted by Crippen LogP contribution is -2.43. The third kappa shape index (κ3) is 4.44. The van der Waals surface area contributed by atoms with Gasteiger partial charge in [-0.15, -0.1) is 0 Å². The van der Waals surface area contributed by atoms with Crippen molar-refractivity contribution >= 4 is 5.91 Å². The number of ether oxygens (including phenoxy) is 2. The summed E-state index contributed by atoms with van der Waals surface area (Å²) in [4.78, 5) is 23.0. The molecule has 2 aromatic rings. The molecule has 2 aromatic heterocycles. The number of amides is 1. The normalized spacial score (nSPS) is 19.9. The Morgan fingerprint density at radius 3 is 2.96 bits per heavy atom. The van der Waals surface area contributed by atoms with Gasteiger partial charge in [0.15, 0.2) is 5.82 Å². The molecule has 1 aliphatic carbocycles. The number of aromatic nitrogens is 3. The van der Waals surface area contributed by atoms with Gasteiger partial charge in [-0.3, -0.25) is 4.79 Å². The lowest BCUT2D eigenvalue weighted by Gasteiger charge is -2.32. The second-order valence-corrected chi connectivity index (χ2v) is 7.05. The maximum absolute atomic E-state index is 12.7. The van der Waals surface area contributed by atoms with Gasteiger partial charge < -0.3 is 18.9 Å². The van der Waals surface area contributed by atoms with Crippen molar-refractivity contribution in [1.82, 2.24) is 20.0 Å². The number of hydrogen-bond acceptors (Lipinski definition) is 7. The van der Waals surface area contributed by atoms with Crippen molar-refractivity contribution in [2.75, 3.05) is 26.8 Å². The van der Waals surface area contributed by atoms with Crippen molar-refractivity contribution in [3.63, 3.8) is 0 Å². The van der Waals surface area contributed by atoms with Crippen LogP contribution in [-0.4, -0.2) is 58.8 Å². The summed E-state index contributed by atoms with van der Waals surface area (Å²) in [6.45, 7) is 1.85. The van der Waals surface area contributed by atoms with Gasteiger partial charge in [0.2, 0.25) is 11.8 Å². The molecule has 2 aliphatic rings. The Kier molecular flexibility index (Phi) is 5.33. The zero-order chi connectivity index (χ0) is 18.6. The van der Waals surface area contributed by atoms with Crippen molar-refractivity contribution in [1.29, 1.82) is 0 Å². The van der Waals surface area contributed by atoms with E-state index in [1.165, 1.54) is 0 Å². The van der Waals surface area contributed by atoms with Gasteiger partial charge in [0.05, 0.1) is 25.4 Å². The second-order valence-electron chi connectivity index (χ2n) is 7.05. The molecular weight excluding hydrogens is 348 g/mol. The third-order valence-electron chi connectivity index (χ3n) is 4.95. The molecule has 8 heteroatoms. The highest BCUT2D eigenvalue weighted by Gasteiger charge is 2.29. The Morgan fingerprint density at radius 2 is 2.22 bits per heavy atom. The highest BCUT2D eigenvalue weighted by molar-refractivity contribution is 5.94. The molecule has 1 amide bonds. The van der Waals surface area contributed by atoms with Crippen LogP contribution in [0.3, 0.4) is 0 Å². The van der Waals surface area contributed by atoms with Crippen LogP contribution in [0.4, 0.5) is 0 Å². The molecule has 1 atom stereocenters. The van der Waals surface area contributed by atoms with E-state index >= 15 is 0 Å². The highest BCUT2D eigenvalue weighted by Crippen LogP contribution is 2.38. The van der Waals surface area contributed by atoms with Crippen LogP contribution in [-0.2, 0) is 11.2 Å². The maximum atomic E-state index is 12.7. The van der Waals surface area contributed by atoms with E-state index in [4.69, 9.17) is 14.0 Å². The Labute approximate surface area is 157 Å². The van der Waals surface area contributed by atoms with Crippen LogP contribution in [0.25, 0.3) is 0 Å². The van der Waals surface area contributed by atoms with E-state index < -0.39 is 0 Å². The first kappa shape index (κ1) is 17.9. The zero-order valence-corrected chi connectivity index (χ0v) is 15.5. The Balaban J connectivity index is 1.26. The second kappa shape index (κ2) is 8.04. The van der Waals surface area contributed by atoms with Crippen molar-refractivity contribution in [3.05, 3.63) is 35.6 Å². The van der Waals surface area contributed by atoms with Crippen molar-refractivity contribution in [2.24, 2.45) is 0 Å². The van der Waals surface area contributed by atoms with Crippen molar-refractivity contribution < 1.29 is 18.8 Å². The molecule has 4 rings (SSSR count). The molecule has 2 fully saturated rings. The first-order valence-corrected chi connectivity index (χ1v) is 9.46. The molecule has 27 heavy (non-hydrogen) atoms. The number of likely N-dealkylation sites (tertiary alicyclic amines) is 1. The van der Waals surface area contributed by atoms with E-state index in [0.29, 0.717) is 42.8 Å². The Bertz CT molecular complexity index is 772. The summed E-state index contributed by atoms with van der Waals surface area (Å²) in [6, 6.07) is 3.44. The van der Waals surface area contributed by atoms with Crippen molar-refractivity contribution in [3.8, 4) is 5.88 Å². The number of carbonyl (C=O) groups is 1. The summed E-state index contributed by atoms with van der Waals surface area (Å²) >= 11 is 0. The van der Waals surface area contributed by atoms with Gasteiger partial charge in [-0.25, -0.2) is 4.98 Å². The summed E-state index contributed by atoms with van der Waals surface area (Å²) < 4.78 is 16.3. The van der Waals surface area contributed by atoms with E-state index in [0.717, 1.165) is 38.1 Å². The molecule has 3 heterocycles. The molecular formula is C19H24N4O4. The summed E-state index contributed by atoms with van der Waals surface area (Å²) in [5, 5.41) is 4.01. The van der Waals surface area contributed by atoms with Crippen LogP contribution < -0.4 is 4.74 Å². The van der Waals surface area contributed by atoms with E-state index in [-0.39, 0.29) is 12.0 Å². The van der Waals surface area contributed by atoms with Crippen LogP contribution in [0.15, 0.2) is 22.9 Å². The minimum Gasteiger partial charge on any atom is -0.481 e. The number of hydrogen-bond donors (Lipinski definition) is 0. The van der Waals surface area contributed by atoms with E-state index in [1.807, 2.05) is 4.90 Å². The predicted molar refractivity (Wildman–Crippen MR) is 95.6 cm³/mol. The fraction of sp³-hybridized carbons (Fsp3) is 0.579. The fourth-order valence-electron chi connectivity index (χ4n) is 3.25. The summed E-state index contributed by atoms with van der Waals surface area (Å²) in [7, 11) is 1.55. The van der Waals surface area contributed by atoms with Crippen LogP contribution in [0.2, 0.25) is 0 Å². The summed E-state index contributed by atoms with van der Waals surface area (Å²) in [6.07, 6.45) is 6.38. The lowest BCUT2D eigenvalue weighted by atomic mass is 10.1. The Hall–Kier alpha value is -2.48. The Morgan fingerprint density at radius 1 is 1.33 bits per heavy atom. The van der Waals surface area contributed by atoms with Crippen LogP contribution in [0, 0.1) is 0 Å². The molecule has 0 radical (unpaired) electrons. The number of rotatable bonds is 7. The van der Waals surface area contributed by atoms with Gasteiger partial charge in [0.1, 0.15) is 0 Å². The van der Waals surface area contributed by atoms with Gasteiger partial charge in [-0.2, -0.15) is 4.98 Å². The van der Waals surface area contributed by atoms with Gasteiger partial charge in [0.25, 0.3) is 5.91 Å². The number of piperidine rings is 1. The lowest BCUT2D eigenvalue weighted by molar-refractivity contribution is 0.00249. The average Bonchev–Trinajstić information content (AvgIpc) is 3.46. The van der Waals surface area contributed by atoms with Gasteiger partial charge in [0, 0.05) is 37.7 Å². The molecule has 8 nitrogen and oxygen atoms in total. The molecule has 144 valence electrons. The summed E-state index contributed by atoms with van der Waals surface area (Å²) in [5.41, 5.74) is 0.566. The molecule has 1 saturated heterocycles. The number of pyridine rings is 1. The summed E-state index contributed by atoms with van der Waals surface area (Å²) in [5.74, 6) is 2.40. The number of nitrogens with zero attached hydrogens (tertiary/aromatic N) is 4. The van der Waals surface area contributed by atoms with Crippen LogP contribution in [0.1, 0.15) is 53.7 Å². The molecule has 0 N–H and O–H groups in total. The average molecular weight is 372 g/mol. The van der Waals surface area contributed by atoms with Gasteiger partial charge in [-0.05, 0) is 31.7 Å². The number of carbonyl (C=O) groups excluding carboxylic acids is 1. The third-order valence-corrected chi connectivity index (χ3v) is 4.95. The molecule has 1 aliphatic heterocycles. The van der Waals surface area contributed by atoms with Gasteiger partial charge >= 0.3 is 0 Å². The monoisotopic (exact) mass is 372 g/mol. The minimum absolute atomic E-state index is 0.0225. The maximum Gasteiger partial charge on any atom is 0.255 e. The standard InChI is InChI=1S/C19H24N4O4/c1-25-17-7-6-14(11-20-17)19(24)23-9-2-3-15(12-23)26-10-8-16-21-18(27-22-16)13-4-5-13/h6-7,11,13,15H,2-5,8-10,12H2,1H3. The molecule has 1 saturated carbocycles. The smallest absolute Gasteiger partial charge is 0.255 e. The largest absolute Gasteiger partial charge is 0.481 e. The highest BCUT2D eigenvalue weighted by atomic mass is 16.5.